The van der Waals surface area contributed by atoms with Gasteiger partial charge in [0.25, 0.3) is 5.91 Å². The van der Waals surface area contributed by atoms with Gasteiger partial charge in [0, 0.05) is 0 Å². The molecular weight excluding hydrogens is 424 g/mol. The smallest absolute Gasteiger partial charge is 0.335 e. The number of carboxylic acid groups (broad SMARTS) is 1. The van der Waals surface area contributed by atoms with E-state index in [1.54, 1.807) is 12.1 Å². The summed E-state index contributed by atoms with van der Waals surface area (Å²) < 4.78 is 0. The van der Waals surface area contributed by atoms with Crippen LogP contribution in [0.3, 0.4) is 0 Å². The maximum atomic E-state index is 13.9. The third-order valence-corrected chi connectivity index (χ3v) is 7.78. The Kier molecular flexibility index (Phi) is 7.64. The van der Waals surface area contributed by atoms with Crippen molar-refractivity contribution in [2.75, 3.05) is 0 Å². The third kappa shape index (κ3) is 5.72. The zero-order chi connectivity index (χ0) is 25.3. The molecule has 1 fully saturated rings. The minimum absolute atomic E-state index is 0.0808. The predicted molar refractivity (Wildman–Crippen MR) is 138 cm³/mol. The number of nitrogens with zero attached hydrogens (tertiary/aromatic N) is 2. The van der Waals surface area contributed by atoms with E-state index >= 15 is 0 Å². The Labute approximate surface area is 206 Å². The van der Waals surface area contributed by atoms with Crippen molar-refractivity contribution in [3.05, 3.63) is 35.4 Å². The predicted octanol–water partition coefficient (Wildman–Crippen LogP) is 7.27. The number of aromatic carboxylic acids is 1. The number of carbonyl (C=O) groups excluding carboxylic acids is 1. The summed E-state index contributed by atoms with van der Waals surface area (Å²) in [6.45, 7) is 15.7. The van der Waals surface area contributed by atoms with Gasteiger partial charge in [0.15, 0.2) is 0 Å². The number of hydrogen-bond acceptors (Lipinski definition) is 3. The number of rotatable bonds is 7. The maximum absolute atomic E-state index is 13.9. The largest absolute Gasteiger partial charge is 0.478 e. The fraction of sp³-hybridized carbons (Fsp3) is 0.690. The van der Waals surface area contributed by atoms with Crippen LogP contribution in [0.25, 0.3) is 0 Å². The normalized spacial score (nSPS) is 24.4. The molecule has 1 atom stereocenters. The van der Waals surface area contributed by atoms with Crippen molar-refractivity contribution in [1.82, 2.24) is 4.90 Å². The number of carbonyl (C=O) groups is 2. The van der Waals surface area contributed by atoms with Crippen molar-refractivity contribution in [2.24, 2.45) is 21.7 Å². The molecule has 3 rings (SSSR count). The zero-order valence-electron chi connectivity index (χ0n) is 22.3. The van der Waals surface area contributed by atoms with Gasteiger partial charge in [-0.25, -0.2) is 4.79 Å². The van der Waals surface area contributed by atoms with Crippen LogP contribution in [0, 0.1) is 16.7 Å². The van der Waals surface area contributed by atoms with Crippen LogP contribution in [0.5, 0.6) is 0 Å². The average Bonchev–Trinajstić information content (AvgIpc) is 2.99. The Morgan fingerprint density at radius 2 is 1.71 bits per heavy atom. The van der Waals surface area contributed by atoms with Gasteiger partial charge in [-0.05, 0) is 79.4 Å². The first-order valence-electron chi connectivity index (χ1n) is 13.0. The molecule has 0 aromatic heterocycles. The highest BCUT2D eigenvalue weighted by Gasteiger charge is 2.52. The molecule has 0 unspecified atom stereocenters. The van der Waals surface area contributed by atoms with Crippen LogP contribution in [-0.2, 0) is 4.79 Å². The second kappa shape index (κ2) is 9.83. The van der Waals surface area contributed by atoms with Crippen LogP contribution in [0.4, 0.5) is 0 Å². The zero-order valence-corrected chi connectivity index (χ0v) is 22.3. The van der Waals surface area contributed by atoms with Crippen molar-refractivity contribution >= 4 is 17.6 Å². The number of benzene rings is 1. The molecule has 1 aliphatic heterocycles. The minimum Gasteiger partial charge on any atom is -0.478 e. The summed E-state index contributed by atoms with van der Waals surface area (Å²) in [5.74, 6) is -0.221. The highest BCUT2D eigenvalue weighted by molar-refractivity contribution is 6.40. The monoisotopic (exact) mass is 468 g/mol. The van der Waals surface area contributed by atoms with Crippen molar-refractivity contribution in [2.45, 2.75) is 112 Å². The van der Waals surface area contributed by atoms with E-state index in [-0.39, 0.29) is 28.3 Å². The SMILES string of the molecule is CCCC1=NC2(CCC(C(C)(C)C)CC2)N([C@H](CCC(C)(C)C)c2ccc(C(=O)O)cc2)C1=O. The molecule has 1 amide bonds. The van der Waals surface area contributed by atoms with E-state index in [1.165, 1.54) is 0 Å². The van der Waals surface area contributed by atoms with Gasteiger partial charge in [0.05, 0.1) is 11.6 Å². The first-order valence-corrected chi connectivity index (χ1v) is 13.0. The van der Waals surface area contributed by atoms with E-state index in [9.17, 15) is 14.7 Å². The molecule has 1 N–H and O–H groups in total. The number of carboxylic acids is 1. The first-order chi connectivity index (χ1) is 15.8. The number of aliphatic imine (C=N–C) groups is 1. The van der Waals surface area contributed by atoms with Gasteiger partial charge in [0.1, 0.15) is 11.4 Å². The fourth-order valence-electron chi connectivity index (χ4n) is 5.67. The molecular formula is C29H44N2O3. The quantitative estimate of drug-likeness (QED) is 0.457. The molecule has 1 aliphatic carbocycles. The fourth-order valence-corrected chi connectivity index (χ4v) is 5.67. The van der Waals surface area contributed by atoms with E-state index in [0.717, 1.165) is 56.2 Å². The van der Waals surface area contributed by atoms with Gasteiger partial charge >= 0.3 is 5.97 Å². The lowest BCUT2D eigenvalue weighted by atomic mass is 9.69. The van der Waals surface area contributed by atoms with E-state index in [0.29, 0.717) is 12.3 Å². The highest BCUT2D eigenvalue weighted by atomic mass is 16.4. The molecule has 1 heterocycles. The maximum Gasteiger partial charge on any atom is 0.335 e. The van der Waals surface area contributed by atoms with Gasteiger partial charge in [0.2, 0.25) is 0 Å². The van der Waals surface area contributed by atoms with Crippen LogP contribution >= 0.6 is 0 Å². The molecule has 0 saturated heterocycles. The Morgan fingerprint density at radius 1 is 1.12 bits per heavy atom. The molecule has 1 spiro atoms. The average molecular weight is 469 g/mol. The van der Waals surface area contributed by atoms with Gasteiger partial charge in [-0.15, -0.1) is 0 Å². The molecule has 2 aliphatic rings. The van der Waals surface area contributed by atoms with Gasteiger partial charge < -0.3 is 10.0 Å². The van der Waals surface area contributed by atoms with Crippen molar-refractivity contribution < 1.29 is 14.7 Å². The molecule has 0 bridgehead atoms. The van der Waals surface area contributed by atoms with E-state index in [4.69, 9.17) is 4.99 Å². The van der Waals surface area contributed by atoms with Crippen molar-refractivity contribution in [3.8, 4) is 0 Å². The number of amides is 1. The summed E-state index contributed by atoms with van der Waals surface area (Å²) in [6, 6.07) is 7.02. The van der Waals surface area contributed by atoms with Gasteiger partial charge in [-0.2, -0.15) is 0 Å². The Morgan fingerprint density at radius 3 is 2.18 bits per heavy atom. The van der Waals surface area contributed by atoms with E-state index in [2.05, 4.69) is 53.4 Å². The second-order valence-corrected chi connectivity index (χ2v) is 12.6. The lowest BCUT2D eigenvalue weighted by Crippen LogP contribution is -2.51. The Hall–Kier alpha value is -2.17. The standard InChI is InChI=1S/C29H44N2O3/c1-8-9-23-25(32)31(29(30-23)18-14-22(15-19-29)28(5,6)7)24(16-17-27(2,3)4)20-10-12-21(13-11-20)26(33)34/h10-13,22,24H,8-9,14-19H2,1-7H3,(H,33,34)/t22?,24-,29?/m1/s1. The first kappa shape index (κ1) is 26.4. The van der Waals surface area contributed by atoms with Crippen LogP contribution in [0.1, 0.15) is 122 Å². The molecule has 0 radical (unpaired) electrons. The highest BCUT2D eigenvalue weighted by Crippen LogP contribution is 2.50. The Bertz CT molecular complexity index is 910. The minimum atomic E-state index is -0.930. The molecule has 5 heteroatoms. The summed E-state index contributed by atoms with van der Waals surface area (Å²) in [6.07, 6.45) is 7.34. The lowest BCUT2D eigenvalue weighted by molar-refractivity contribution is -0.134. The second-order valence-electron chi connectivity index (χ2n) is 12.6. The topological polar surface area (TPSA) is 70.0 Å². The lowest BCUT2D eigenvalue weighted by Gasteiger charge is -2.48. The molecule has 34 heavy (non-hydrogen) atoms. The van der Waals surface area contributed by atoms with Gasteiger partial charge in [-0.3, -0.25) is 9.79 Å². The molecule has 1 aromatic carbocycles. The summed E-state index contributed by atoms with van der Waals surface area (Å²) >= 11 is 0. The molecule has 1 saturated carbocycles. The van der Waals surface area contributed by atoms with Gasteiger partial charge in [-0.1, -0.05) is 67.0 Å². The summed E-state index contributed by atoms with van der Waals surface area (Å²) in [4.78, 5) is 32.6. The number of hydrogen-bond donors (Lipinski definition) is 1. The Balaban J connectivity index is 2.02. The van der Waals surface area contributed by atoms with E-state index < -0.39 is 11.6 Å². The molecule has 5 nitrogen and oxygen atoms in total. The van der Waals surface area contributed by atoms with Crippen molar-refractivity contribution in [3.63, 3.8) is 0 Å². The van der Waals surface area contributed by atoms with Crippen LogP contribution in [0.2, 0.25) is 0 Å². The summed E-state index contributed by atoms with van der Waals surface area (Å²) in [5, 5.41) is 9.38. The third-order valence-electron chi connectivity index (χ3n) is 7.78. The van der Waals surface area contributed by atoms with E-state index in [1.807, 2.05) is 12.1 Å². The molecule has 188 valence electrons. The van der Waals surface area contributed by atoms with Crippen LogP contribution in [-0.4, -0.2) is 33.3 Å². The summed E-state index contributed by atoms with van der Waals surface area (Å²) in [7, 11) is 0. The molecule has 1 aromatic rings. The van der Waals surface area contributed by atoms with Crippen molar-refractivity contribution in [1.29, 1.82) is 0 Å². The van der Waals surface area contributed by atoms with Crippen LogP contribution < -0.4 is 0 Å². The summed E-state index contributed by atoms with van der Waals surface area (Å²) in [5.41, 5.74) is 1.91. The van der Waals surface area contributed by atoms with Crippen LogP contribution in [0.15, 0.2) is 29.3 Å².